The standard InChI is InChI=1S/C26H31N3O5/c1-2-14-34-21-8-3-6-19(17-21)24(30)22-23(20-7-4-9-27-18-20)29(26(32)25(22)31)11-5-10-28-12-15-33-16-13-28/h3-4,6-9,17-18,23,30H,2,5,10-16H2,1H3/b24-22+. The van der Waals surface area contributed by atoms with E-state index in [0.717, 1.165) is 26.1 Å². The lowest BCUT2D eigenvalue weighted by molar-refractivity contribution is -0.140. The van der Waals surface area contributed by atoms with Crippen LogP contribution < -0.4 is 4.74 Å². The summed E-state index contributed by atoms with van der Waals surface area (Å²) >= 11 is 0. The number of hydrogen-bond acceptors (Lipinski definition) is 7. The second-order valence-corrected chi connectivity index (χ2v) is 8.46. The Balaban J connectivity index is 1.64. The van der Waals surface area contributed by atoms with Crippen molar-refractivity contribution in [2.75, 3.05) is 46.0 Å². The number of aliphatic hydroxyl groups excluding tert-OH is 1. The molecule has 2 fully saturated rings. The first-order valence-corrected chi connectivity index (χ1v) is 11.8. The summed E-state index contributed by atoms with van der Waals surface area (Å²) in [6.45, 7) is 6.91. The molecular formula is C26H31N3O5. The van der Waals surface area contributed by atoms with Crippen molar-refractivity contribution < 1.29 is 24.2 Å². The summed E-state index contributed by atoms with van der Waals surface area (Å²) in [5.41, 5.74) is 1.21. The minimum Gasteiger partial charge on any atom is -0.507 e. The van der Waals surface area contributed by atoms with Crippen LogP contribution in [0.1, 0.15) is 36.9 Å². The van der Waals surface area contributed by atoms with Gasteiger partial charge < -0.3 is 19.5 Å². The molecule has 34 heavy (non-hydrogen) atoms. The van der Waals surface area contributed by atoms with Gasteiger partial charge in [0.05, 0.1) is 31.4 Å². The van der Waals surface area contributed by atoms with Crippen molar-refractivity contribution in [1.82, 2.24) is 14.8 Å². The first-order chi connectivity index (χ1) is 16.6. The van der Waals surface area contributed by atoms with Crippen LogP contribution in [-0.2, 0) is 14.3 Å². The largest absolute Gasteiger partial charge is 0.507 e. The number of aromatic nitrogens is 1. The monoisotopic (exact) mass is 465 g/mol. The van der Waals surface area contributed by atoms with Crippen molar-refractivity contribution in [2.45, 2.75) is 25.8 Å². The van der Waals surface area contributed by atoms with E-state index in [0.29, 0.717) is 49.7 Å². The number of ketones is 1. The van der Waals surface area contributed by atoms with E-state index in [-0.39, 0.29) is 11.3 Å². The van der Waals surface area contributed by atoms with Crippen molar-refractivity contribution in [3.05, 3.63) is 65.5 Å². The van der Waals surface area contributed by atoms with Gasteiger partial charge in [-0.3, -0.25) is 19.5 Å². The predicted octanol–water partition coefficient (Wildman–Crippen LogP) is 3.01. The second kappa shape index (κ2) is 11.3. The number of amides is 1. The predicted molar refractivity (Wildman–Crippen MR) is 127 cm³/mol. The van der Waals surface area contributed by atoms with Gasteiger partial charge in [-0.2, -0.15) is 0 Å². The molecule has 8 nitrogen and oxygen atoms in total. The van der Waals surface area contributed by atoms with Crippen LogP contribution in [0.4, 0.5) is 0 Å². The van der Waals surface area contributed by atoms with Gasteiger partial charge in [0, 0.05) is 44.1 Å². The van der Waals surface area contributed by atoms with E-state index in [1.165, 1.54) is 0 Å². The maximum atomic E-state index is 13.1. The van der Waals surface area contributed by atoms with E-state index < -0.39 is 17.7 Å². The average Bonchev–Trinajstić information content (AvgIpc) is 3.13. The van der Waals surface area contributed by atoms with Crippen molar-refractivity contribution in [3.8, 4) is 5.75 Å². The van der Waals surface area contributed by atoms with E-state index in [4.69, 9.17) is 9.47 Å². The Bertz CT molecular complexity index is 1030. The van der Waals surface area contributed by atoms with Gasteiger partial charge in [0.1, 0.15) is 11.5 Å². The highest BCUT2D eigenvalue weighted by atomic mass is 16.5. The Morgan fingerprint density at radius 3 is 2.74 bits per heavy atom. The summed E-state index contributed by atoms with van der Waals surface area (Å²) in [6, 6.07) is 9.86. The van der Waals surface area contributed by atoms with Crippen LogP contribution in [0.5, 0.6) is 5.75 Å². The third kappa shape index (κ3) is 5.29. The van der Waals surface area contributed by atoms with Crippen LogP contribution >= 0.6 is 0 Å². The smallest absolute Gasteiger partial charge is 0.295 e. The molecule has 0 saturated carbocycles. The van der Waals surface area contributed by atoms with Gasteiger partial charge in [-0.1, -0.05) is 25.1 Å². The summed E-state index contributed by atoms with van der Waals surface area (Å²) in [5.74, 6) is -0.887. The fraction of sp³-hybridized carbons (Fsp3) is 0.423. The van der Waals surface area contributed by atoms with Crippen LogP contribution in [0, 0.1) is 0 Å². The fourth-order valence-electron chi connectivity index (χ4n) is 4.39. The summed E-state index contributed by atoms with van der Waals surface area (Å²) in [6.07, 6.45) is 4.85. The van der Waals surface area contributed by atoms with Gasteiger partial charge in [0.25, 0.3) is 11.7 Å². The molecule has 4 rings (SSSR count). The lowest BCUT2D eigenvalue weighted by atomic mass is 9.96. The van der Waals surface area contributed by atoms with Crippen LogP contribution in [-0.4, -0.2) is 77.6 Å². The van der Waals surface area contributed by atoms with Gasteiger partial charge in [-0.05, 0) is 36.6 Å². The molecule has 0 radical (unpaired) electrons. The van der Waals surface area contributed by atoms with Crippen LogP contribution in [0.15, 0.2) is 54.4 Å². The second-order valence-electron chi connectivity index (χ2n) is 8.46. The third-order valence-corrected chi connectivity index (χ3v) is 6.10. The zero-order valence-electron chi connectivity index (χ0n) is 19.5. The number of Topliss-reactive ketones (excluding diaryl/α,β-unsaturated/α-hetero) is 1. The third-order valence-electron chi connectivity index (χ3n) is 6.10. The highest BCUT2D eigenvalue weighted by Gasteiger charge is 2.46. The van der Waals surface area contributed by atoms with Crippen molar-refractivity contribution in [3.63, 3.8) is 0 Å². The van der Waals surface area contributed by atoms with Gasteiger partial charge in [-0.25, -0.2) is 0 Å². The molecule has 8 heteroatoms. The number of rotatable bonds is 9. The summed E-state index contributed by atoms with van der Waals surface area (Å²) in [7, 11) is 0. The Morgan fingerprint density at radius 1 is 1.18 bits per heavy atom. The minimum atomic E-state index is -0.696. The van der Waals surface area contributed by atoms with E-state index in [1.54, 1.807) is 47.6 Å². The molecule has 2 aliphatic rings. The molecule has 1 N–H and O–H groups in total. The van der Waals surface area contributed by atoms with Crippen LogP contribution in [0.2, 0.25) is 0 Å². The van der Waals surface area contributed by atoms with E-state index in [9.17, 15) is 14.7 Å². The van der Waals surface area contributed by atoms with E-state index in [2.05, 4.69) is 9.88 Å². The number of likely N-dealkylation sites (tertiary alicyclic amines) is 1. The minimum absolute atomic E-state index is 0.0806. The molecule has 2 saturated heterocycles. The summed E-state index contributed by atoms with van der Waals surface area (Å²) < 4.78 is 11.1. The lowest BCUT2D eigenvalue weighted by Gasteiger charge is -2.29. The van der Waals surface area contributed by atoms with Crippen LogP contribution in [0.3, 0.4) is 0 Å². The summed E-state index contributed by atoms with van der Waals surface area (Å²) in [5, 5.41) is 11.2. The van der Waals surface area contributed by atoms with E-state index in [1.807, 2.05) is 13.0 Å². The average molecular weight is 466 g/mol. The van der Waals surface area contributed by atoms with Gasteiger partial charge in [0.2, 0.25) is 0 Å². The van der Waals surface area contributed by atoms with Crippen LogP contribution in [0.25, 0.3) is 5.76 Å². The molecule has 1 unspecified atom stereocenters. The molecule has 180 valence electrons. The Kier molecular flexibility index (Phi) is 7.92. The normalized spacial score (nSPS) is 20.6. The van der Waals surface area contributed by atoms with E-state index >= 15 is 0 Å². The van der Waals surface area contributed by atoms with Crippen molar-refractivity contribution >= 4 is 17.4 Å². The Labute approximate surface area is 199 Å². The number of hydrogen-bond donors (Lipinski definition) is 1. The fourth-order valence-corrected chi connectivity index (χ4v) is 4.39. The molecule has 1 aromatic carbocycles. The molecule has 1 aromatic heterocycles. The lowest BCUT2D eigenvalue weighted by Crippen LogP contribution is -2.39. The summed E-state index contributed by atoms with van der Waals surface area (Å²) in [4.78, 5) is 34.3. The number of aliphatic hydroxyl groups is 1. The molecule has 0 bridgehead atoms. The zero-order chi connectivity index (χ0) is 23.9. The number of carbonyl (C=O) groups excluding carboxylic acids is 2. The molecule has 0 aliphatic carbocycles. The maximum absolute atomic E-state index is 13.1. The van der Waals surface area contributed by atoms with Crippen molar-refractivity contribution in [1.29, 1.82) is 0 Å². The molecule has 1 amide bonds. The number of nitrogens with zero attached hydrogens (tertiary/aromatic N) is 3. The molecule has 1 atom stereocenters. The SMILES string of the molecule is CCCOc1cccc(/C(O)=C2\C(=O)C(=O)N(CCCN3CCOCC3)C2c2cccnc2)c1. The number of ether oxygens (including phenoxy) is 2. The number of morpholine rings is 1. The first-order valence-electron chi connectivity index (χ1n) is 11.8. The molecule has 2 aromatic rings. The molecular weight excluding hydrogens is 434 g/mol. The Hall–Kier alpha value is -3.23. The Morgan fingerprint density at radius 2 is 2.00 bits per heavy atom. The van der Waals surface area contributed by atoms with Gasteiger partial charge in [-0.15, -0.1) is 0 Å². The van der Waals surface area contributed by atoms with Gasteiger partial charge in [0.15, 0.2) is 0 Å². The van der Waals surface area contributed by atoms with Gasteiger partial charge >= 0.3 is 0 Å². The molecule has 0 spiro atoms. The molecule has 2 aliphatic heterocycles. The van der Waals surface area contributed by atoms with Crippen molar-refractivity contribution in [2.24, 2.45) is 0 Å². The highest BCUT2D eigenvalue weighted by molar-refractivity contribution is 6.46. The number of carbonyl (C=O) groups is 2. The highest BCUT2D eigenvalue weighted by Crippen LogP contribution is 2.39. The first kappa shape index (κ1) is 23.9. The quantitative estimate of drug-likeness (QED) is 0.346. The topological polar surface area (TPSA) is 92.2 Å². The number of pyridine rings is 1. The zero-order valence-corrected chi connectivity index (χ0v) is 19.5. The maximum Gasteiger partial charge on any atom is 0.295 e. The molecule has 3 heterocycles. The number of benzene rings is 1.